The van der Waals surface area contributed by atoms with Crippen molar-refractivity contribution in [2.45, 2.75) is 92.4 Å². The summed E-state index contributed by atoms with van der Waals surface area (Å²) in [4.78, 5) is 11.5. The average molecular weight is 364 g/mol. The molecule has 0 rings (SSSR count). The molecule has 3 heteroatoms. The number of hydrogen-bond acceptors (Lipinski definition) is 2. The van der Waals surface area contributed by atoms with Crippen LogP contribution in [0.4, 0.5) is 4.79 Å². The summed E-state index contributed by atoms with van der Waals surface area (Å²) in [6.45, 7) is 12.1. The lowest BCUT2D eigenvalue weighted by Crippen LogP contribution is -2.25. The normalized spacial score (nSPS) is 12.0. The van der Waals surface area contributed by atoms with Crippen LogP contribution in [0, 0.1) is 0 Å². The van der Waals surface area contributed by atoms with Crippen LogP contribution in [0.15, 0.2) is 34.9 Å². The van der Waals surface area contributed by atoms with Crippen molar-refractivity contribution < 1.29 is 9.53 Å². The fourth-order valence-corrected chi connectivity index (χ4v) is 2.55. The van der Waals surface area contributed by atoms with Crippen LogP contribution in [0.2, 0.25) is 0 Å². The van der Waals surface area contributed by atoms with E-state index in [0.29, 0.717) is 13.2 Å². The summed E-state index contributed by atoms with van der Waals surface area (Å²) in [5.74, 6) is 0. The predicted molar refractivity (Wildman–Crippen MR) is 114 cm³/mol. The van der Waals surface area contributed by atoms with Crippen LogP contribution in [0.3, 0.4) is 0 Å². The Morgan fingerprint density at radius 3 is 2.08 bits per heavy atom. The van der Waals surface area contributed by atoms with E-state index < -0.39 is 0 Å². The molecular weight excluding hydrogens is 322 g/mol. The van der Waals surface area contributed by atoms with E-state index in [1.165, 1.54) is 16.7 Å². The van der Waals surface area contributed by atoms with Crippen LogP contribution in [0.25, 0.3) is 0 Å². The Morgan fingerprint density at radius 2 is 1.46 bits per heavy atom. The molecule has 0 saturated carbocycles. The number of hydrogen-bond donors (Lipinski definition) is 1. The summed E-state index contributed by atoms with van der Waals surface area (Å²) >= 11 is 0. The van der Waals surface area contributed by atoms with Gasteiger partial charge in [-0.05, 0) is 72.6 Å². The zero-order chi connectivity index (χ0) is 19.6. The molecule has 0 heterocycles. The van der Waals surface area contributed by atoms with Gasteiger partial charge in [-0.25, -0.2) is 4.79 Å². The lowest BCUT2D eigenvalue weighted by Gasteiger charge is -2.06. The maximum atomic E-state index is 11.5. The average Bonchev–Trinajstić information content (AvgIpc) is 2.58. The van der Waals surface area contributed by atoms with Crippen molar-refractivity contribution in [2.24, 2.45) is 0 Å². The third kappa shape index (κ3) is 17.3. The Kier molecular flexibility index (Phi) is 15.9. The third-order valence-electron chi connectivity index (χ3n) is 4.25. The number of carbonyl (C=O) groups is 1. The lowest BCUT2D eigenvalue weighted by atomic mass is 10.1. The SMILES string of the molecule is CCCCCNC(=O)OCCC/C=C(\C)CC/C=C(\C)CCC=C(C)C. The van der Waals surface area contributed by atoms with Crippen LogP contribution in [0.5, 0.6) is 0 Å². The summed E-state index contributed by atoms with van der Waals surface area (Å²) in [6.07, 6.45) is 16.4. The number of carbonyl (C=O) groups excluding carboxylic acids is 1. The molecule has 0 spiro atoms. The third-order valence-corrected chi connectivity index (χ3v) is 4.25. The fourth-order valence-electron chi connectivity index (χ4n) is 2.55. The van der Waals surface area contributed by atoms with Crippen LogP contribution >= 0.6 is 0 Å². The van der Waals surface area contributed by atoms with Crippen molar-refractivity contribution in [1.82, 2.24) is 5.32 Å². The van der Waals surface area contributed by atoms with E-state index in [2.05, 4.69) is 58.2 Å². The minimum atomic E-state index is -0.282. The smallest absolute Gasteiger partial charge is 0.407 e. The van der Waals surface area contributed by atoms with Gasteiger partial charge in [0.1, 0.15) is 0 Å². The van der Waals surface area contributed by atoms with E-state index >= 15 is 0 Å². The van der Waals surface area contributed by atoms with Crippen molar-refractivity contribution >= 4 is 6.09 Å². The van der Waals surface area contributed by atoms with Crippen LogP contribution in [-0.2, 0) is 4.74 Å². The zero-order valence-corrected chi connectivity index (χ0v) is 17.8. The summed E-state index contributed by atoms with van der Waals surface area (Å²) in [5.41, 5.74) is 4.30. The number of ether oxygens (including phenoxy) is 1. The molecule has 1 N–H and O–H groups in total. The van der Waals surface area contributed by atoms with Gasteiger partial charge in [0.2, 0.25) is 0 Å². The molecule has 0 aliphatic rings. The molecule has 1 amide bonds. The summed E-state index contributed by atoms with van der Waals surface area (Å²) in [7, 11) is 0. The van der Waals surface area contributed by atoms with Crippen molar-refractivity contribution in [3.63, 3.8) is 0 Å². The van der Waals surface area contributed by atoms with Gasteiger partial charge in [0.05, 0.1) is 6.61 Å². The van der Waals surface area contributed by atoms with Crippen LogP contribution in [-0.4, -0.2) is 19.2 Å². The Bertz CT molecular complexity index is 457. The molecule has 150 valence electrons. The molecule has 0 aliphatic carbocycles. The quantitative estimate of drug-likeness (QED) is 0.264. The number of rotatable bonds is 14. The molecule has 0 fully saturated rings. The van der Waals surface area contributed by atoms with Crippen LogP contribution in [0.1, 0.15) is 92.4 Å². The van der Waals surface area contributed by atoms with Gasteiger partial charge in [-0.2, -0.15) is 0 Å². The maximum absolute atomic E-state index is 11.5. The molecule has 0 radical (unpaired) electrons. The summed E-state index contributed by atoms with van der Waals surface area (Å²) in [5, 5.41) is 2.79. The maximum Gasteiger partial charge on any atom is 0.407 e. The topological polar surface area (TPSA) is 38.3 Å². The van der Waals surface area contributed by atoms with Gasteiger partial charge in [-0.15, -0.1) is 0 Å². The van der Waals surface area contributed by atoms with Crippen molar-refractivity contribution in [2.75, 3.05) is 13.2 Å². The summed E-state index contributed by atoms with van der Waals surface area (Å²) < 4.78 is 5.18. The Labute approximate surface area is 162 Å². The zero-order valence-electron chi connectivity index (χ0n) is 17.8. The molecular formula is C23H41NO2. The highest BCUT2D eigenvalue weighted by Gasteiger charge is 1.99. The number of alkyl carbamates (subject to hydrolysis) is 1. The Hall–Kier alpha value is -1.51. The second-order valence-corrected chi connectivity index (χ2v) is 7.37. The number of nitrogens with one attached hydrogen (secondary N) is 1. The van der Waals surface area contributed by atoms with Crippen molar-refractivity contribution in [3.8, 4) is 0 Å². The second-order valence-electron chi connectivity index (χ2n) is 7.37. The molecule has 0 aromatic rings. The highest BCUT2D eigenvalue weighted by molar-refractivity contribution is 5.66. The molecule has 0 aromatic carbocycles. The molecule has 0 bridgehead atoms. The van der Waals surface area contributed by atoms with E-state index in [0.717, 1.165) is 57.8 Å². The lowest BCUT2D eigenvalue weighted by molar-refractivity contribution is 0.145. The Morgan fingerprint density at radius 1 is 0.846 bits per heavy atom. The van der Waals surface area contributed by atoms with Gasteiger partial charge >= 0.3 is 6.09 Å². The number of amides is 1. The van der Waals surface area contributed by atoms with Crippen molar-refractivity contribution in [1.29, 1.82) is 0 Å². The monoisotopic (exact) mass is 363 g/mol. The second kappa shape index (κ2) is 16.9. The largest absolute Gasteiger partial charge is 0.450 e. The first-order valence-electron chi connectivity index (χ1n) is 10.3. The highest BCUT2D eigenvalue weighted by atomic mass is 16.5. The van der Waals surface area contributed by atoms with Gasteiger partial charge in [-0.3, -0.25) is 0 Å². The van der Waals surface area contributed by atoms with Crippen molar-refractivity contribution in [3.05, 3.63) is 34.9 Å². The van der Waals surface area contributed by atoms with Gasteiger partial charge < -0.3 is 10.1 Å². The molecule has 0 saturated heterocycles. The highest BCUT2D eigenvalue weighted by Crippen LogP contribution is 2.12. The first-order valence-corrected chi connectivity index (χ1v) is 10.3. The summed E-state index contributed by atoms with van der Waals surface area (Å²) in [6, 6.07) is 0. The molecule has 0 unspecified atom stereocenters. The van der Waals surface area contributed by atoms with Gasteiger partial charge in [-0.1, -0.05) is 54.7 Å². The minimum absolute atomic E-state index is 0.282. The molecule has 0 aliphatic heterocycles. The first kappa shape index (κ1) is 24.5. The number of allylic oxidation sites excluding steroid dienone is 6. The molecule has 0 aromatic heterocycles. The number of unbranched alkanes of at least 4 members (excludes halogenated alkanes) is 3. The van der Waals surface area contributed by atoms with Gasteiger partial charge in [0.15, 0.2) is 0 Å². The predicted octanol–water partition coefficient (Wildman–Crippen LogP) is 7.10. The minimum Gasteiger partial charge on any atom is -0.450 e. The van der Waals surface area contributed by atoms with Gasteiger partial charge in [0.25, 0.3) is 0 Å². The Balaban J connectivity index is 3.72. The van der Waals surface area contributed by atoms with Crippen LogP contribution < -0.4 is 5.32 Å². The molecule has 26 heavy (non-hydrogen) atoms. The molecule has 0 atom stereocenters. The van der Waals surface area contributed by atoms with E-state index in [-0.39, 0.29) is 6.09 Å². The van der Waals surface area contributed by atoms with E-state index in [4.69, 9.17) is 4.74 Å². The van der Waals surface area contributed by atoms with E-state index in [1.807, 2.05) is 0 Å². The molecule has 3 nitrogen and oxygen atoms in total. The van der Waals surface area contributed by atoms with Gasteiger partial charge in [0, 0.05) is 6.54 Å². The fraction of sp³-hybridized carbons (Fsp3) is 0.696. The standard InChI is InChI=1S/C23H41NO2/c1-6-7-9-18-24-23(25)26-19-10-8-14-21(4)16-12-17-22(5)15-11-13-20(2)3/h13-14,17H,6-12,15-16,18-19H2,1-5H3,(H,24,25)/b21-14+,22-17+. The van der Waals surface area contributed by atoms with E-state index in [9.17, 15) is 4.79 Å². The first-order chi connectivity index (χ1) is 12.5. The van der Waals surface area contributed by atoms with E-state index in [1.54, 1.807) is 0 Å².